The highest BCUT2D eigenvalue weighted by atomic mass is 127. The zero-order chi connectivity index (χ0) is 21.5. The van der Waals surface area contributed by atoms with Crippen LogP contribution >= 0.6 is 50.1 Å². The van der Waals surface area contributed by atoms with Crippen LogP contribution in [0.15, 0.2) is 76.8 Å². The molecule has 0 aliphatic carbocycles. The Bertz CT molecular complexity index is 1140. The van der Waals surface area contributed by atoms with Crippen molar-refractivity contribution in [1.82, 2.24) is 0 Å². The monoisotopic (exact) mass is 592 g/mol. The number of hydrogen-bond acceptors (Lipinski definition) is 3. The molecule has 0 unspecified atom stereocenters. The molecule has 0 aliphatic rings. The molecular weight excluding hydrogens is 579 g/mol. The summed E-state index contributed by atoms with van der Waals surface area (Å²) in [6, 6.07) is 22.1. The number of carbonyl (C=O) groups excluding carboxylic acids is 1. The number of rotatable bonds is 6. The lowest BCUT2D eigenvalue weighted by Gasteiger charge is -2.11. The summed E-state index contributed by atoms with van der Waals surface area (Å²) >= 11 is 11.5. The summed E-state index contributed by atoms with van der Waals surface area (Å²) in [7, 11) is 0. The molecule has 7 heteroatoms. The maximum absolute atomic E-state index is 12.6. The van der Waals surface area contributed by atoms with Crippen LogP contribution in [0.5, 0.6) is 5.75 Å². The summed E-state index contributed by atoms with van der Waals surface area (Å²) < 4.78 is 7.72. The van der Waals surface area contributed by atoms with Crippen molar-refractivity contribution in [2.24, 2.45) is 0 Å². The Balaban J connectivity index is 1.82. The topological polar surface area (TPSA) is 62.1 Å². The molecule has 3 rings (SSSR count). The lowest BCUT2D eigenvalue weighted by atomic mass is 10.1. The molecule has 0 saturated heterocycles. The molecule has 3 aromatic rings. The van der Waals surface area contributed by atoms with Gasteiger partial charge in [0.1, 0.15) is 24.0 Å². The number of ether oxygens (including phenoxy) is 1. The van der Waals surface area contributed by atoms with Crippen LogP contribution in [0.4, 0.5) is 5.69 Å². The predicted molar refractivity (Wildman–Crippen MR) is 131 cm³/mol. The van der Waals surface area contributed by atoms with Crippen molar-refractivity contribution in [1.29, 1.82) is 5.26 Å². The fourth-order valence-electron chi connectivity index (χ4n) is 2.57. The van der Waals surface area contributed by atoms with Gasteiger partial charge in [-0.05, 0) is 82.8 Å². The minimum atomic E-state index is -0.483. The van der Waals surface area contributed by atoms with E-state index in [9.17, 15) is 10.1 Å². The van der Waals surface area contributed by atoms with Gasteiger partial charge < -0.3 is 10.1 Å². The highest BCUT2D eigenvalue weighted by Crippen LogP contribution is 2.27. The second-order valence-corrected chi connectivity index (χ2v) is 8.83. The Morgan fingerprint density at radius 1 is 1.17 bits per heavy atom. The van der Waals surface area contributed by atoms with Gasteiger partial charge >= 0.3 is 0 Å². The van der Waals surface area contributed by atoms with Crippen LogP contribution in [-0.4, -0.2) is 5.91 Å². The second kappa shape index (κ2) is 10.6. The molecule has 0 aliphatic heterocycles. The molecule has 1 amide bonds. The number of hydrogen-bond donors (Lipinski definition) is 1. The Labute approximate surface area is 201 Å². The van der Waals surface area contributed by atoms with E-state index >= 15 is 0 Å². The molecule has 0 fully saturated rings. The molecule has 0 spiro atoms. The summed E-state index contributed by atoms with van der Waals surface area (Å²) in [6.07, 6.45) is 1.52. The SMILES string of the molecule is N#C/C(=C\c1cc(Br)ccc1OCc1ccc(Cl)cc1)C(=O)Nc1cccc(I)c1. The van der Waals surface area contributed by atoms with E-state index in [1.807, 2.05) is 42.5 Å². The van der Waals surface area contributed by atoms with Gasteiger partial charge in [-0.2, -0.15) is 5.26 Å². The molecule has 0 aromatic heterocycles. The number of nitrogens with zero attached hydrogens (tertiary/aromatic N) is 1. The van der Waals surface area contributed by atoms with Gasteiger partial charge in [-0.1, -0.05) is 45.7 Å². The molecule has 30 heavy (non-hydrogen) atoms. The van der Waals surface area contributed by atoms with E-state index in [1.165, 1.54) is 6.08 Å². The number of nitrogens with one attached hydrogen (secondary N) is 1. The zero-order valence-electron chi connectivity index (χ0n) is 15.5. The third-order valence-corrected chi connectivity index (χ3v) is 5.44. The van der Waals surface area contributed by atoms with E-state index in [4.69, 9.17) is 16.3 Å². The van der Waals surface area contributed by atoms with Gasteiger partial charge in [-0.25, -0.2) is 0 Å². The molecular formula is C23H15BrClIN2O2. The lowest BCUT2D eigenvalue weighted by Crippen LogP contribution is -2.13. The highest BCUT2D eigenvalue weighted by Gasteiger charge is 2.12. The fourth-order valence-corrected chi connectivity index (χ4v) is 3.62. The Morgan fingerprint density at radius 2 is 1.93 bits per heavy atom. The molecule has 0 bridgehead atoms. The number of nitriles is 1. The van der Waals surface area contributed by atoms with Gasteiger partial charge in [0.15, 0.2) is 0 Å². The van der Waals surface area contributed by atoms with E-state index in [1.54, 1.807) is 30.3 Å². The molecule has 0 heterocycles. The first-order valence-electron chi connectivity index (χ1n) is 8.80. The maximum Gasteiger partial charge on any atom is 0.266 e. The molecule has 1 N–H and O–H groups in total. The van der Waals surface area contributed by atoms with Crippen molar-refractivity contribution in [2.45, 2.75) is 6.61 Å². The van der Waals surface area contributed by atoms with Crippen LogP contribution in [0.25, 0.3) is 6.08 Å². The molecule has 4 nitrogen and oxygen atoms in total. The number of carbonyl (C=O) groups is 1. The fraction of sp³-hybridized carbons (Fsp3) is 0.0435. The van der Waals surface area contributed by atoms with E-state index in [-0.39, 0.29) is 5.57 Å². The minimum absolute atomic E-state index is 0.0247. The van der Waals surface area contributed by atoms with Gasteiger partial charge in [0.05, 0.1) is 0 Å². The molecule has 150 valence electrons. The van der Waals surface area contributed by atoms with Gasteiger partial charge in [0, 0.05) is 24.3 Å². The van der Waals surface area contributed by atoms with E-state index in [0.717, 1.165) is 13.6 Å². The molecule has 0 saturated carbocycles. The van der Waals surface area contributed by atoms with E-state index in [0.29, 0.717) is 28.6 Å². The largest absolute Gasteiger partial charge is 0.488 e. The van der Waals surface area contributed by atoms with Crippen LogP contribution in [0.1, 0.15) is 11.1 Å². The maximum atomic E-state index is 12.6. The van der Waals surface area contributed by atoms with Crippen LogP contribution in [-0.2, 0) is 11.4 Å². The average Bonchev–Trinajstić information content (AvgIpc) is 2.72. The zero-order valence-corrected chi connectivity index (χ0v) is 20.0. The first-order chi connectivity index (χ1) is 14.4. The highest BCUT2D eigenvalue weighted by molar-refractivity contribution is 14.1. The first kappa shape index (κ1) is 22.3. The Hall–Kier alpha value is -2.34. The average molecular weight is 594 g/mol. The van der Waals surface area contributed by atoms with Crippen LogP contribution in [0, 0.1) is 14.9 Å². The number of halogens is 3. The number of amides is 1. The summed E-state index contributed by atoms with van der Waals surface area (Å²) in [5.74, 6) is 0.0751. The quantitative estimate of drug-likeness (QED) is 0.194. The first-order valence-corrected chi connectivity index (χ1v) is 11.0. The standard InChI is InChI=1S/C23H15BrClIN2O2/c24-18-6-9-22(30-14-15-4-7-19(25)8-5-15)16(11-18)10-17(13-27)23(29)28-21-3-1-2-20(26)12-21/h1-12H,14H2,(H,28,29)/b17-10+. The van der Waals surface area contributed by atoms with Crippen molar-refractivity contribution >= 4 is 67.8 Å². The normalized spacial score (nSPS) is 10.9. The van der Waals surface area contributed by atoms with Crippen LogP contribution in [0.2, 0.25) is 5.02 Å². The Morgan fingerprint density at radius 3 is 2.63 bits per heavy atom. The Kier molecular flexibility index (Phi) is 7.91. The lowest BCUT2D eigenvalue weighted by molar-refractivity contribution is -0.112. The summed E-state index contributed by atoms with van der Waals surface area (Å²) in [5, 5.41) is 12.9. The minimum Gasteiger partial charge on any atom is -0.488 e. The van der Waals surface area contributed by atoms with Gasteiger partial charge in [0.25, 0.3) is 5.91 Å². The molecule has 0 atom stereocenters. The third kappa shape index (κ3) is 6.33. The third-order valence-electron chi connectivity index (χ3n) is 4.03. The van der Waals surface area contributed by atoms with Crippen molar-refractivity contribution in [3.05, 3.63) is 96.5 Å². The van der Waals surface area contributed by atoms with Crippen LogP contribution < -0.4 is 10.1 Å². The summed E-state index contributed by atoms with van der Waals surface area (Å²) in [4.78, 5) is 12.6. The van der Waals surface area contributed by atoms with Crippen molar-refractivity contribution < 1.29 is 9.53 Å². The van der Waals surface area contributed by atoms with Gasteiger partial charge in [-0.3, -0.25) is 4.79 Å². The smallest absolute Gasteiger partial charge is 0.266 e. The number of anilines is 1. The summed E-state index contributed by atoms with van der Waals surface area (Å²) in [6.45, 7) is 0.330. The number of benzene rings is 3. The summed E-state index contributed by atoms with van der Waals surface area (Å²) in [5.41, 5.74) is 2.17. The van der Waals surface area contributed by atoms with Crippen molar-refractivity contribution in [3.8, 4) is 11.8 Å². The van der Waals surface area contributed by atoms with E-state index < -0.39 is 5.91 Å². The second-order valence-electron chi connectivity index (χ2n) is 6.23. The van der Waals surface area contributed by atoms with Crippen molar-refractivity contribution in [2.75, 3.05) is 5.32 Å². The van der Waals surface area contributed by atoms with E-state index in [2.05, 4.69) is 43.8 Å². The van der Waals surface area contributed by atoms with Crippen molar-refractivity contribution in [3.63, 3.8) is 0 Å². The van der Waals surface area contributed by atoms with Gasteiger partial charge in [-0.15, -0.1) is 0 Å². The molecule has 0 radical (unpaired) electrons. The van der Waals surface area contributed by atoms with Gasteiger partial charge in [0.2, 0.25) is 0 Å². The molecule has 3 aromatic carbocycles. The predicted octanol–water partition coefficient (Wildman–Crippen LogP) is 6.83. The van der Waals surface area contributed by atoms with Crippen LogP contribution in [0.3, 0.4) is 0 Å².